The van der Waals surface area contributed by atoms with Crippen molar-refractivity contribution in [1.82, 2.24) is 4.57 Å². The monoisotopic (exact) mass is 338 g/mol. The van der Waals surface area contributed by atoms with Crippen molar-refractivity contribution in [1.29, 1.82) is 0 Å². The third-order valence-electron chi connectivity index (χ3n) is 4.25. The lowest BCUT2D eigenvalue weighted by Gasteiger charge is -2.19. The first-order valence-electron chi connectivity index (χ1n) is 7.13. The molecule has 0 spiro atoms. The van der Waals surface area contributed by atoms with Crippen LogP contribution in [0.5, 0.6) is 0 Å². The number of halogens is 4. The average Bonchev–Trinajstić information content (AvgIpc) is 2.80. The number of hydrogen-bond donors (Lipinski definition) is 0. The summed E-state index contributed by atoms with van der Waals surface area (Å²) < 4.78 is 42.0. The number of nitrogens with zero attached hydrogens (tertiary/aromatic N) is 2. The van der Waals surface area contributed by atoms with Crippen molar-refractivity contribution in [2.24, 2.45) is 4.99 Å². The molecular weight excluding hydrogens is 325 g/mol. The zero-order chi connectivity index (χ0) is 15.5. The highest BCUT2D eigenvalue weighted by atomic mass is 35.5. The second-order valence-corrected chi connectivity index (χ2v) is 5.64. The highest BCUT2D eigenvalue weighted by molar-refractivity contribution is 6.12. The molecule has 0 bridgehead atoms. The normalized spacial score (nSPS) is 15.2. The first kappa shape index (κ1) is 15.9. The van der Waals surface area contributed by atoms with Crippen molar-refractivity contribution >= 4 is 29.9 Å². The van der Waals surface area contributed by atoms with Crippen LogP contribution < -0.4 is 0 Å². The predicted molar refractivity (Wildman–Crippen MR) is 87.2 cm³/mol. The van der Waals surface area contributed by atoms with Crippen LogP contribution in [0.15, 0.2) is 35.5 Å². The van der Waals surface area contributed by atoms with Crippen LogP contribution in [-0.2, 0) is 12.6 Å². The van der Waals surface area contributed by atoms with Gasteiger partial charge in [-0.25, -0.2) is 0 Å². The van der Waals surface area contributed by atoms with Gasteiger partial charge in [-0.15, -0.1) is 12.4 Å². The van der Waals surface area contributed by atoms with E-state index in [0.29, 0.717) is 5.69 Å². The number of hydrogen-bond acceptors (Lipinski definition) is 1. The summed E-state index contributed by atoms with van der Waals surface area (Å²) in [5.41, 5.74) is 3.43. The van der Waals surface area contributed by atoms with E-state index >= 15 is 0 Å². The van der Waals surface area contributed by atoms with Gasteiger partial charge in [-0.1, -0.05) is 12.1 Å². The number of benzene rings is 1. The van der Waals surface area contributed by atoms with Gasteiger partial charge >= 0.3 is 6.18 Å². The lowest BCUT2D eigenvalue weighted by atomic mass is 9.98. The van der Waals surface area contributed by atoms with Gasteiger partial charge in [-0.2, -0.15) is 13.2 Å². The maximum atomic E-state index is 13.5. The third kappa shape index (κ3) is 2.30. The number of rotatable bonds is 0. The van der Waals surface area contributed by atoms with Crippen molar-refractivity contribution in [3.63, 3.8) is 0 Å². The van der Waals surface area contributed by atoms with E-state index in [0.717, 1.165) is 41.3 Å². The van der Waals surface area contributed by atoms with Crippen LogP contribution in [0.3, 0.4) is 0 Å². The average molecular weight is 339 g/mol. The van der Waals surface area contributed by atoms with Crippen molar-refractivity contribution in [3.05, 3.63) is 52.9 Å². The van der Waals surface area contributed by atoms with Crippen molar-refractivity contribution in [2.75, 3.05) is 0 Å². The molecule has 0 saturated carbocycles. The lowest BCUT2D eigenvalue weighted by molar-refractivity contribution is -0.137. The zero-order valence-electron chi connectivity index (χ0n) is 12.3. The number of alkyl halides is 3. The van der Waals surface area contributed by atoms with Gasteiger partial charge in [0.1, 0.15) is 0 Å². The highest BCUT2D eigenvalue weighted by Gasteiger charge is 2.37. The van der Waals surface area contributed by atoms with E-state index < -0.39 is 11.7 Å². The van der Waals surface area contributed by atoms with Crippen LogP contribution in [-0.4, -0.2) is 10.8 Å². The quantitative estimate of drug-likeness (QED) is 0.622. The largest absolute Gasteiger partial charge is 0.418 e. The predicted octanol–water partition coefficient (Wildman–Crippen LogP) is 5.27. The molecule has 0 N–H and O–H groups in total. The maximum absolute atomic E-state index is 13.5. The Labute approximate surface area is 137 Å². The molecule has 0 saturated heterocycles. The minimum atomic E-state index is -4.41. The Hall–Kier alpha value is -2.01. The van der Waals surface area contributed by atoms with Crippen molar-refractivity contribution < 1.29 is 13.2 Å². The van der Waals surface area contributed by atoms with Gasteiger partial charge in [0.25, 0.3) is 0 Å². The van der Waals surface area contributed by atoms with Gasteiger partial charge in [0.05, 0.1) is 22.6 Å². The highest BCUT2D eigenvalue weighted by Crippen LogP contribution is 2.44. The molecule has 0 unspecified atom stereocenters. The van der Waals surface area contributed by atoms with Crippen LogP contribution >= 0.6 is 12.4 Å². The second kappa shape index (κ2) is 5.27. The molecule has 23 heavy (non-hydrogen) atoms. The number of aromatic nitrogens is 1. The fraction of sp³-hybridized carbons (Fsp3) is 0.235. The van der Waals surface area contributed by atoms with Crippen LogP contribution in [0.4, 0.5) is 18.9 Å². The van der Waals surface area contributed by atoms with E-state index in [4.69, 9.17) is 0 Å². The summed E-state index contributed by atoms with van der Waals surface area (Å²) in [6, 6.07) is 4.54. The molecule has 2 nitrogen and oxygen atoms in total. The van der Waals surface area contributed by atoms with E-state index in [1.54, 1.807) is 23.9 Å². The fourth-order valence-electron chi connectivity index (χ4n) is 3.23. The molecule has 0 atom stereocenters. The molecule has 1 aliphatic heterocycles. The van der Waals surface area contributed by atoms with E-state index in [1.165, 1.54) is 6.07 Å². The van der Waals surface area contributed by atoms with E-state index in [-0.39, 0.29) is 18.1 Å². The molecule has 0 fully saturated rings. The molecule has 2 heterocycles. The van der Waals surface area contributed by atoms with Crippen molar-refractivity contribution in [3.8, 4) is 5.69 Å². The Bertz CT molecular complexity index is 844. The molecule has 0 radical (unpaired) electrons. The molecule has 0 amide bonds. The lowest BCUT2D eigenvalue weighted by Crippen LogP contribution is -2.12. The molecule has 2 aromatic rings. The smallest absolute Gasteiger partial charge is 0.314 e. The van der Waals surface area contributed by atoms with Gasteiger partial charge in [-0.3, -0.25) is 4.99 Å². The summed E-state index contributed by atoms with van der Waals surface area (Å²) in [6.45, 7) is 1.79. The molecule has 4 rings (SSSR count). The van der Waals surface area contributed by atoms with Crippen LogP contribution in [0.1, 0.15) is 28.8 Å². The summed E-state index contributed by atoms with van der Waals surface area (Å²) in [6.07, 6.45) is 2.78. The van der Waals surface area contributed by atoms with Gasteiger partial charge in [0, 0.05) is 18.0 Å². The minimum absolute atomic E-state index is 0. The van der Waals surface area contributed by atoms with Gasteiger partial charge in [-0.05, 0) is 43.0 Å². The van der Waals surface area contributed by atoms with Gasteiger partial charge in [0.2, 0.25) is 0 Å². The number of aliphatic imine (C=N–C) groups is 1. The molecule has 1 aliphatic carbocycles. The topological polar surface area (TPSA) is 17.3 Å². The number of aryl methyl sites for hydroxylation is 2. The Morgan fingerprint density at radius 3 is 2.70 bits per heavy atom. The third-order valence-corrected chi connectivity index (χ3v) is 4.25. The zero-order valence-corrected chi connectivity index (χ0v) is 13.1. The standard InChI is InChI=1S/C17H13F3N2.ClH/c1-10-5-6-13(17(18,19)20)16-14(10)21-9-12-4-2-3-11-7-8-22(16)15(11)12;/h4-9H,2-3H2,1H3;1H. The molecule has 2 aliphatic rings. The van der Waals surface area contributed by atoms with Crippen LogP contribution in [0, 0.1) is 6.92 Å². The van der Waals surface area contributed by atoms with E-state index in [2.05, 4.69) is 4.99 Å². The number of allylic oxidation sites excluding steroid dienone is 2. The van der Waals surface area contributed by atoms with Crippen LogP contribution in [0.25, 0.3) is 11.3 Å². The first-order valence-corrected chi connectivity index (χ1v) is 7.13. The van der Waals surface area contributed by atoms with Crippen LogP contribution in [0.2, 0.25) is 0 Å². The summed E-state index contributed by atoms with van der Waals surface area (Å²) >= 11 is 0. The summed E-state index contributed by atoms with van der Waals surface area (Å²) in [7, 11) is 0. The van der Waals surface area contributed by atoms with Gasteiger partial charge < -0.3 is 4.57 Å². The second-order valence-electron chi connectivity index (χ2n) is 5.64. The summed E-state index contributed by atoms with van der Waals surface area (Å²) in [5.74, 6) is 0. The number of fused-ring (bicyclic) bond motifs is 2. The Kier molecular flexibility index (Phi) is 3.64. The Morgan fingerprint density at radius 1 is 1.17 bits per heavy atom. The molecule has 1 aromatic carbocycles. The molecule has 120 valence electrons. The summed E-state index contributed by atoms with van der Waals surface area (Å²) in [5, 5.41) is 0. The van der Waals surface area contributed by atoms with E-state index in [1.807, 2.05) is 12.1 Å². The Balaban J connectivity index is 0.00000156. The first-order chi connectivity index (χ1) is 10.5. The van der Waals surface area contributed by atoms with Gasteiger partial charge in [0.15, 0.2) is 0 Å². The molecule has 1 aromatic heterocycles. The fourth-order valence-corrected chi connectivity index (χ4v) is 3.23. The van der Waals surface area contributed by atoms with Crippen molar-refractivity contribution in [2.45, 2.75) is 25.9 Å². The van der Waals surface area contributed by atoms with E-state index in [9.17, 15) is 13.2 Å². The SMILES string of the molecule is Cc1ccc(C(F)(F)F)c2c1N=CC1=CCCc3ccn-2c31.Cl. The molecule has 6 heteroatoms. The Morgan fingerprint density at radius 2 is 1.96 bits per heavy atom. The maximum Gasteiger partial charge on any atom is 0.418 e. The minimum Gasteiger partial charge on any atom is -0.314 e. The molecular formula is C17H14ClF3N2. The summed E-state index contributed by atoms with van der Waals surface area (Å²) in [4.78, 5) is 4.36.